The zero-order chi connectivity index (χ0) is 15.1. The van der Waals surface area contributed by atoms with E-state index in [4.69, 9.17) is 10.5 Å². The summed E-state index contributed by atoms with van der Waals surface area (Å²) in [4.78, 5) is 10.6. The molecule has 0 aliphatic rings. The van der Waals surface area contributed by atoms with Crippen LogP contribution in [-0.4, -0.2) is 12.5 Å². The van der Waals surface area contributed by atoms with Crippen molar-refractivity contribution in [3.8, 4) is 5.75 Å². The molecule has 0 aromatic heterocycles. The Morgan fingerprint density at radius 3 is 2.57 bits per heavy atom. The second-order valence-corrected chi connectivity index (χ2v) is 4.81. The fraction of sp³-hybridized carbons (Fsp3) is 0.235. The van der Waals surface area contributed by atoms with Crippen molar-refractivity contribution in [1.82, 2.24) is 0 Å². The van der Waals surface area contributed by atoms with Crippen LogP contribution in [0.4, 0.5) is 5.69 Å². The highest BCUT2D eigenvalue weighted by Crippen LogP contribution is 2.15. The summed E-state index contributed by atoms with van der Waals surface area (Å²) in [6, 6.07) is 16.0. The van der Waals surface area contributed by atoms with Gasteiger partial charge in [0.25, 0.3) is 5.91 Å². The summed E-state index contributed by atoms with van der Waals surface area (Å²) in [7, 11) is 0. The second-order valence-electron chi connectivity index (χ2n) is 4.81. The number of carbonyl (C=O) groups excluding carboxylic acids is 1. The van der Waals surface area contributed by atoms with Crippen LogP contribution >= 0.6 is 0 Å². The summed E-state index contributed by atoms with van der Waals surface area (Å²) < 4.78 is 5.22. The number of carbonyl (C=O) groups is 1. The van der Waals surface area contributed by atoms with Gasteiger partial charge in [0.1, 0.15) is 5.75 Å². The van der Waals surface area contributed by atoms with E-state index in [1.807, 2.05) is 24.3 Å². The summed E-state index contributed by atoms with van der Waals surface area (Å²) >= 11 is 0. The van der Waals surface area contributed by atoms with Gasteiger partial charge in [-0.15, -0.1) is 0 Å². The summed E-state index contributed by atoms with van der Waals surface area (Å²) in [6.45, 7) is 2.79. The van der Waals surface area contributed by atoms with Gasteiger partial charge in [-0.25, -0.2) is 0 Å². The molecule has 21 heavy (non-hydrogen) atoms. The number of nitrogens with one attached hydrogen (secondary N) is 1. The molecule has 4 heteroatoms. The van der Waals surface area contributed by atoms with Crippen molar-refractivity contribution in [2.45, 2.75) is 19.9 Å². The lowest BCUT2D eigenvalue weighted by atomic mass is 10.1. The minimum Gasteiger partial charge on any atom is -0.484 e. The highest BCUT2D eigenvalue weighted by molar-refractivity contribution is 5.75. The molecule has 0 bridgehead atoms. The van der Waals surface area contributed by atoms with Gasteiger partial charge in [0, 0.05) is 12.2 Å². The van der Waals surface area contributed by atoms with Crippen molar-refractivity contribution in [2.75, 3.05) is 11.9 Å². The van der Waals surface area contributed by atoms with E-state index < -0.39 is 5.91 Å². The lowest BCUT2D eigenvalue weighted by molar-refractivity contribution is -0.119. The Labute approximate surface area is 124 Å². The quantitative estimate of drug-likeness (QED) is 0.821. The van der Waals surface area contributed by atoms with Crippen LogP contribution in [0.25, 0.3) is 0 Å². The normalized spacial score (nSPS) is 10.1. The maximum Gasteiger partial charge on any atom is 0.255 e. The number of ether oxygens (including phenoxy) is 1. The standard InChI is InChI=1S/C17H20N2O2/c1-2-13-4-3-5-15(10-13)19-11-14-6-8-16(9-7-14)21-12-17(18)20/h3-10,19H,2,11-12H2,1H3,(H2,18,20). The van der Waals surface area contributed by atoms with Gasteiger partial charge in [0.15, 0.2) is 6.61 Å². The first-order valence-corrected chi connectivity index (χ1v) is 7.00. The zero-order valence-corrected chi connectivity index (χ0v) is 12.1. The number of nitrogens with two attached hydrogens (primary N) is 1. The molecule has 0 spiro atoms. The van der Waals surface area contributed by atoms with Crippen molar-refractivity contribution in [3.63, 3.8) is 0 Å². The Kier molecular flexibility index (Phi) is 5.21. The van der Waals surface area contributed by atoms with Crippen molar-refractivity contribution >= 4 is 11.6 Å². The Balaban J connectivity index is 1.89. The number of amides is 1. The minimum absolute atomic E-state index is 0.0958. The van der Waals surface area contributed by atoms with Crippen LogP contribution in [0.3, 0.4) is 0 Å². The van der Waals surface area contributed by atoms with Gasteiger partial charge < -0.3 is 15.8 Å². The van der Waals surface area contributed by atoms with Crippen molar-refractivity contribution < 1.29 is 9.53 Å². The molecule has 2 aromatic carbocycles. The Hall–Kier alpha value is -2.49. The number of hydrogen-bond acceptors (Lipinski definition) is 3. The van der Waals surface area contributed by atoms with Crippen molar-refractivity contribution in [3.05, 3.63) is 59.7 Å². The lowest BCUT2D eigenvalue weighted by Crippen LogP contribution is -2.19. The summed E-state index contributed by atoms with van der Waals surface area (Å²) in [6.07, 6.45) is 1.03. The van der Waals surface area contributed by atoms with E-state index in [0.717, 1.165) is 24.2 Å². The highest BCUT2D eigenvalue weighted by atomic mass is 16.5. The minimum atomic E-state index is -0.475. The maximum absolute atomic E-state index is 10.6. The third-order valence-corrected chi connectivity index (χ3v) is 3.14. The molecular weight excluding hydrogens is 264 g/mol. The van der Waals surface area contributed by atoms with Crippen LogP contribution < -0.4 is 15.8 Å². The van der Waals surface area contributed by atoms with Crippen molar-refractivity contribution in [2.24, 2.45) is 5.73 Å². The van der Waals surface area contributed by atoms with Crippen LogP contribution in [0.5, 0.6) is 5.75 Å². The molecule has 4 nitrogen and oxygen atoms in total. The fourth-order valence-electron chi connectivity index (χ4n) is 1.96. The second kappa shape index (κ2) is 7.33. The summed E-state index contributed by atoms with van der Waals surface area (Å²) in [5.74, 6) is 0.169. The summed E-state index contributed by atoms with van der Waals surface area (Å²) in [5, 5.41) is 3.39. The van der Waals surface area contributed by atoms with E-state index in [1.54, 1.807) is 0 Å². The smallest absolute Gasteiger partial charge is 0.255 e. The van der Waals surface area contributed by atoms with Gasteiger partial charge in [-0.05, 0) is 41.8 Å². The molecule has 0 saturated carbocycles. The first kappa shape index (κ1) is 14.9. The topological polar surface area (TPSA) is 64.3 Å². The maximum atomic E-state index is 10.6. The monoisotopic (exact) mass is 284 g/mol. The van der Waals surface area contributed by atoms with Gasteiger partial charge in [0.2, 0.25) is 0 Å². The molecule has 1 amide bonds. The molecule has 0 unspecified atom stereocenters. The zero-order valence-electron chi connectivity index (χ0n) is 12.1. The number of primary amides is 1. The van der Waals surface area contributed by atoms with Gasteiger partial charge >= 0.3 is 0 Å². The van der Waals surface area contributed by atoms with Gasteiger partial charge in [-0.2, -0.15) is 0 Å². The average molecular weight is 284 g/mol. The lowest BCUT2D eigenvalue weighted by Gasteiger charge is -2.09. The highest BCUT2D eigenvalue weighted by Gasteiger charge is 1.99. The third kappa shape index (κ3) is 4.84. The van der Waals surface area contributed by atoms with Crippen LogP contribution in [0.1, 0.15) is 18.1 Å². The van der Waals surface area contributed by atoms with E-state index in [-0.39, 0.29) is 6.61 Å². The van der Waals surface area contributed by atoms with E-state index in [9.17, 15) is 4.79 Å². The number of benzene rings is 2. The Morgan fingerprint density at radius 1 is 1.14 bits per heavy atom. The molecule has 0 fully saturated rings. The molecule has 0 aliphatic heterocycles. The van der Waals surface area contributed by atoms with Crippen LogP contribution in [-0.2, 0) is 17.8 Å². The predicted octanol–water partition coefficient (Wildman–Crippen LogP) is 2.73. The largest absolute Gasteiger partial charge is 0.484 e. The number of anilines is 1. The molecular formula is C17H20N2O2. The first-order chi connectivity index (χ1) is 10.2. The molecule has 0 heterocycles. The van der Waals surface area contributed by atoms with Crippen molar-refractivity contribution in [1.29, 1.82) is 0 Å². The molecule has 0 atom stereocenters. The number of hydrogen-bond donors (Lipinski definition) is 2. The number of rotatable bonds is 7. The van der Waals surface area contributed by atoms with E-state index in [2.05, 4.69) is 36.5 Å². The Morgan fingerprint density at radius 2 is 1.90 bits per heavy atom. The molecule has 2 rings (SSSR count). The third-order valence-electron chi connectivity index (χ3n) is 3.14. The van der Waals surface area contributed by atoms with E-state index in [0.29, 0.717) is 5.75 Å². The van der Waals surface area contributed by atoms with E-state index in [1.165, 1.54) is 5.56 Å². The molecule has 110 valence electrons. The first-order valence-electron chi connectivity index (χ1n) is 7.00. The van der Waals surface area contributed by atoms with Crippen LogP contribution in [0.2, 0.25) is 0 Å². The summed E-state index contributed by atoms with van der Waals surface area (Å²) in [5.41, 5.74) is 8.60. The molecule has 0 aliphatic carbocycles. The van der Waals surface area contributed by atoms with Crippen LogP contribution in [0.15, 0.2) is 48.5 Å². The average Bonchev–Trinajstić information content (AvgIpc) is 2.52. The van der Waals surface area contributed by atoms with Gasteiger partial charge in [-0.1, -0.05) is 31.2 Å². The SMILES string of the molecule is CCc1cccc(NCc2ccc(OCC(N)=O)cc2)c1. The molecule has 3 N–H and O–H groups in total. The van der Waals surface area contributed by atoms with Gasteiger partial charge in [0.05, 0.1) is 0 Å². The van der Waals surface area contributed by atoms with Gasteiger partial charge in [-0.3, -0.25) is 4.79 Å². The predicted molar refractivity (Wildman–Crippen MR) is 84.3 cm³/mol. The number of aryl methyl sites for hydroxylation is 1. The van der Waals surface area contributed by atoms with E-state index >= 15 is 0 Å². The molecule has 2 aromatic rings. The Bertz CT molecular complexity index is 594. The van der Waals surface area contributed by atoms with Crippen LogP contribution in [0, 0.1) is 0 Å². The fourth-order valence-corrected chi connectivity index (χ4v) is 1.96. The molecule has 0 radical (unpaired) electrons. The molecule has 0 saturated heterocycles.